The minimum Gasteiger partial charge on any atom is -0.378 e. The predicted molar refractivity (Wildman–Crippen MR) is 108 cm³/mol. The zero-order chi connectivity index (χ0) is 19.9. The summed E-state index contributed by atoms with van der Waals surface area (Å²) in [6.45, 7) is 3.80. The van der Waals surface area contributed by atoms with E-state index >= 15 is 0 Å². The monoisotopic (exact) mass is 389 g/mol. The number of hydrogen-bond donors (Lipinski definition) is 3. The number of carbonyl (C=O) groups excluding carboxylic acids is 2. The molecule has 2 atom stereocenters. The molecule has 2 fully saturated rings. The number of hydrogen-bond acceptors (Lipinski definition) is 4. The molecule has 0 bridgehead atoms. The Labute approximate surface area is 167 Å². The number of nitrogens with one attached hydrogen (secondary N) is 3. The number of rotatable bonds is 7. The largest absolute Gasteiger partial charge is 0.378 e. The SMILES string of the molecule is CN(C)c1ccc([C@@H](CNC(=O)C(=O)NC[C@@H]2CCCO2)[NH+]2CCCC2)cc1. The van der Waals surface area contributed by atoms with E-state index in [4.69, 9.17) is 4.74 Å². The lowest BCUT2D eigenvalue weighted by Gasteiger charge is -2.26. The molecular weight excluding hydrogens is 356 g/mol. The van der Waals surface area contributed by atoms with Crippen molar-refractivity contribution in [2.75, 3.05) is 51.8 Å². The van der Waals surface area contributed by atoms with Crippen LogP contribution >= 0.6 is 0 Å². The van der Waals surface area contributed by atoms with E-state index in [-0.39, 0.29) is 12.1 Å². The first-order chi connectivity index (χ1) is 13.5. The highest BCUT2D eigenvalue weighted by Gasteiger charge is 2.29. The summed E-state index contributed by atoms with van der Waals surface area (Å²) in [5, 5.41) is 5.54. The number of ether oxygens (including phenoxy) is 1. The Morgan fingerprint density at radius 3 is 2.39 bits per heavy atom. The molecule has 154 valence electrons. The second kappa shape index (κ2) is 9.89. The van der Waals surface area contributed by atoms with Crippen LogP contribution in [0.4, 0.5) is 5.69 Å². The molecule has 1 aromatic rings. The summed E-state index contributed by atoms with van der Waals surface area (Å²) in [6, 6.07) is 8.64. The smallest absolute Gasteiger partial charge is 0.309 e. The third-order valence-corrected chi connectivity index (χ3v) is 5.74. The molecule has 1 aromatic carbocycles. The van der Waals surface area contributed by atoms with Crippen LogP contribution < -0.4 is 20.4 Å². The molecule has 2 aliphatic rings. The normalized spacial score (nSPS) is 20.7. The Balaban J connectivity index is 1.56. The van der Waals surface area contributed by atoms with Crippen molar-refractivity contribution in [1.82, 2.24) is 10.6 Å². The fourth-order valence-electron chi connectivity index (χ4n) is 4.05. The van der Waals surface area contributed by atoms with Gasteiger partial charge >= 0.3 is 11.8 Å². The van der Waals surface area contributed by atoms with Crippen LogP contribution in [0.15, 0.2) is 24.3 Å². The van der Waals surface area contributed by atoms with Crippen molar-refractivity contribution in [3.8, 4) is 0 Å². The van der Waals surface area contributed by atoms with Crippen LogP contribution in [0, 0.1) is 0 Å². The summed E-state index contributed by atoms with van der Waals surface area (Å²) < 4.78 is 5.48. The van der Waals surface area contributed by atoms with Crippen molar-refractivity contribution in [3.63, 3.8) is 0 Å². The van der Waals surface area contributed by atoms with E-state index in [0.29, 0.717) is 13.1 Å². The summed E-state index contributed by atoms with van der Waals surface area (Å²) in [6.07, 6.45) is 4.40. The Hall–Kier alpha value is -2.12. The second-order valence-corrected chi connectivity index (χ2v) is 7.96. The van der Waals surface area contributed by atoms with Gasteiger partial charge in [0.15, 0.2) is 0 Å². The minimum absolute atomic E-state index is 0.0359. The highest BCUT2D eigenvalue weighted by atomic mass is 16.5. The summed E-state index contributed by atoms with van der Waals surface area (Å²) in [4.78, 5) is 27.9. The van der Waals surface area contributed by atoms with Crippen LogP contribution in [0.3, 0.4) is 0 Å². The lowest BCUT2D eigenvalue weighted by Crippen LogP contribution is -3.11. The van der Waals surface area contributed by atoms with Gasteiger partial charge in [0.05, 0.1) is 25.7 Å². The van der Waals surface area contributed by atoms with E-state index in [0.717, 1.165) is 38.2 Å². The molecule has 0 aromatic heterocycles. The average molecular weight is 390 g/mol. The molecule has 3 N–H and O–H groups in total. The Morgan fingerprint density at radius 2 is 1.79 bits per heavy atom. The van der Waals surface area contributed by atoms with Gasteiger partial charge in [-0.15, -0.1) is 0 Å². The predicted octanol–water partition coefficient (Wildman–Crippen LogP) is -0.116. The van der Waals surface area contributed by atoms with Crippen LogP contribution in [-0.4, -0.2) is 64.8 Å². The van der Waals surface area contributed by atoms with Crippen molar-refractivity contribution in [2.45, 2.75) is 37.8 Å². The molecule has 2 saturated heterocycles. The number of nitrogens with zero attached hydrogens (tertiary/aromatic N) is 1. The lowest BCUT2D eigenvalue weighted by molar-refractivity contribution is -0.918. The van der Waals surface area contributed by atoms with E-state index in [2.05, 4.69) is 39.8 Å². The molecule has 0 saturated carbocycles. The van der Waals surface area contributed by atoms with Gasteiger partial charge < -0.3 is 25.2 Å². The van der Waals surface area contributed by atoms with Gasteiger partial charge in [-0.05, 0) is 25.0 Å². The maximum atomic E-state index is 12.3. The third kappa shape index (κ3) is 5.45. The fourth-order valence-corrected chi connectivity index (χ4v) is 4.05. The standard InChI is InChI=1S/C21H32N4O3/c1-24(2)17-9-7-16(8-10-17)19(25-11-3-4-12-25)15-23-21(27)20(26)22-14-18-6-5-13-28-18/h7-10,18-19H,3-6,11-15H2,1-2H3,(H,22,26)(H,23,27)/p+1/t18-,19+/m0/s1. The lowest BCUT2D eigenvalue weighted by atomic mass is 10.0. The number of anilines is 1. The second-order valence-electron chi connectivity index (χ2n) is 7.96. The van der Waals surface area contributed by atoms with Crippen LogP contribution in [0.1, 0.15) is 37.3 Å². The maximum absolute atomic E-state index is 12.3. The summed E-state index contributed by atoms with van der Waals surface area (Å²) in [5.74, 6) is -1.14. The quantitative estimate of drug-likeness (QED) is 0.569. The molecular formula is C21H33N4O3+. The van der Waals surface area contributed by atoms with E-state index in [1.165, 1.54) is 23.3 Å². The fraction of sp³-hybridized carbons (Fsp3) is 0.619. The van der Waals surface area contributed by atoms with Gasteiger partial charge in [0, 0.05) is 51.3 Å². The minimum atomic E-state index is -0.575. The first-order valence-electron chi connectivity index (χ1n) is 10.3. The Bertz CT molecular complexity index is 650. The van der Waals surface area contributed by atoms with Gasteiger partial charge in [-0.1, -0.05) is 12.1 Å². The Morgan fingerprint density at radius 1 is 1.11 bits per heavy atom. The van der Waals surface area contributed by atoms with Gasteiger partial charge in [0.1, 0.15) is 6.04 Å². The summed E-state index contributed by atoms with van der Waals surface area (Å²) in [7, 11) is 4.04. The van der Waals surface area contributed by atoms with Gasteiger partial charge in [0.2, 0.25) is 0 Å². The van der Waals surface area contributed by atoms with Crippen molar-refractivity contribution >= 4 is 17.5 Å². The molecule has 2 heterocycles. The molecule has 0 spiro atoms. The summed E-state index contributed by atoms with van der Waals surface area (Å²) >= 11 is 0. The number of quaternary nitrogens is 1. The topological polar surface area (TPSA) is 75.1 Å². The molecule has 0 unspecified atom stereocenters. The van der Waals surface area contributed by atoms with Crippen LogP contribution in [0.25, 0.3) is 0 Å². The number of carbonyl (C=O) groups is 2. The molecule has 28 heavy (non-hydrogen) atoms. The molecule has 0 aliphatic carbocycles. The first kappa shape index (κ1) is 20.6. The van der Waals surface area contributed by atoms with E-state index in [9.17, 15) is 9.59 Å². The van der Waals surface area contributed by atoms with Crippen molar-refractivity contribution < 1.29 is 19.2 Å². The highest BCUT2D eigenvalue weighted by molar-refractivity contribution is 6.35. The van der Waals surface area contributed by atoms with Gasteiger partial charge in [0.25, 0.3) is 0 Å². The van der Waals surface area contributed by atoms with Gasteiger partial charge in [-0.25, -0.2) is 0 Å². The molecule has 7 nitrogen and oxygen atoms in total. The highest BCUT2D eigenvalue weighted by Crippen LogP contribution is 2.17. The van der Waals surface area contributed by atoms with Crippen LogP contribution in [0.2, 0.25) is 0 Å². The van der Waals surface area contributed by atoms with Crippen LogP contribution in [0.5, 0.6) is 0 Å². The first-order valence-corrected chi connectivity index (χ1v) is 10.3. The van der Waals surface area contributed by atoms with Gasteiger partial charge in [-0.2, -0.15) is 0 Å². The molecule has 7 heteroatoms. The molecule has 3 rings (SSSR count). The number of likely N-dealkylation sites (tertiary alicyclic amines) is 1. The molecule has 2 aliphatic heterocycles. The van der Waals surface area contributed by atoms with E-state index in [1.807, 2.05) is 14.1 Å². The van der Waals surface area contributed by atoms with Crippen molar-refractivity contribution in [2.24, 2.45) is 0 Å². The maximum Gasteiger partial charge on any atom is 0.309 e. The Kier molecular flexibility index (Phi) is 7.28. The number of benzene rings is 1. The average Bonchev–Trinajstić information content (AvgIpc) is 3.40. The van der Waals surface area contributed by atoms with Crippen molar-refractivity contribution in [3.05, 3.63) is 29.8 Å². The number of amides is 2. The van der Waals surface area contributed by atoms with Gasteiger partial charge in [-0.3, -0.25) is 9.59 Å². The van der Waals surface area contributed by atoms with E-state index in [1.54, 1.807) is 0 Å². The van der Waals surface area contributed by atoms with Crippen LogP contribution in [-0.2, 0) is 14.3 Å². The van der Waals surface area contributed by atoms with E-state index < -0.39 is 11.8 Å². The van der Waals surface area contributed by atoms with Crippen molar-refractivity contribution in [1.29, 1.82) is 0 Å². The zero-order valence-corrected chi connectivity index (χ0v) is 17.0. The summed E-state index contributed by atoms with van der Waals surface area (Å²) in [5.41, 5.74) is 2.35. The molecule has 2 amide bonds. The third-order valence-electron chi connectivity index (χ3n) is 5.74. The zero-order valence-electron chi connectivity index (χ0n) is 17.0. The molecule has 0 radical (unpaired) electrons.